The van der Waals surface area contributed by atoms with Crippen molar-refractivity contribution in [3.8, 4) is 0 Å². The summed E-state index contributed by atoms with van der Waals surface area (Å²) in [6.45, 7) is 0. The lowest BCUT2D eigenvalue weighted by Gasteiger charge is -2.36. The van der Waals surface area contributed by atoms with Gasteiger partial charge in [0.15, 0.2) is 17.3 Å². The maximum absolute atomic E-state index is 13.2. The van der Waals surface area contributed by atoms with Gasteiger partial charge in [-0.25, -0.2) is 0 Å². The Morgan fingerprint density at radius 3 is 2.08 bits per heavy atom. The lowest BCUT2D eigenvalue weighted by molar-refractivity contribution is 0.0986. The van der Waals surface area contributed by atoms with Crippen LogP contribution in [0.1, 0.15) is 74.3 Å². The molecule has 1 heterocycles. The lowest BCUT2D eigenvalue weighted by atomic mass is 9.68. The number of Topliss-reactive ketones (excluding diaryl/α,β-unsaturated/α-hetero) is 2. The topological polar surface area (TPSA) is 54.5 Å². The van der Waals surface area contributed by atoms with Crippen molar-refractivity contribution >= 4 is 23.0 Å². The minimum atomic E-state index is -0.232. The van der Waals surface area contributed by atoms with E-state index in [1.54, 1.807) is 30.3 Å². The number of allylic oxidation sites excluding steroid dienone is 4. The van der Waals surface area contributed by atoms with Gasteiger partial charge in [-0.15, -0.1) is 0 Å². The Balaban J connectivity index is 1.44. The summed E-state index contributed by atoms with van der Waals surface area (Å²) in [7, 11) is 2.04. The summed E-state index contributed by atoms with van der Waals surface area (Å²) >= 11 is 0. The molecule has 0 aromatic heterocycles. The number of anilines is 1. The number of ketones is 3. The molecule has 4 heteroatoms. The molecule has 0 N–H and O–H groups in total. The van der Waals surface area contributed by atoms with Gasteiger partial charge in [0, 0.05) is 46.1 Å². The van der Waals surface area contributed by atoms with Crippen LogP contribution in [0.3, 0.4) is 0 Å². The quantitative estimate of drug-likeness (QED) is 0.249. The third-order valence-corrected chi connectivity index (χ3v) is 8.04. The molecule has 1 saturated carbocycles. The highest BCUT2D eigenvalue weighted by atomic mass is 16.2. The Bertz CT molecular complexity index is 1440. The maximum Gasteiger partial charge on any atom is 0.197 e. The third-order valence-electron chi connectivity index (χ3n) is 8.04. The Hall–Kier alpha value is -4.05. The van der Waals surface area contributed by atoms with Crippen LogP contribution in [0.4, 0.5) is 5.69 Å². The third kappa shape index (κ3) is 3.32. The number of likely N-dealkylation sites (N-methyl/N-ethyl adjacent to an activating group) is 1. The van der Waals surface area contributed by atoms with E-state index in [0.717, 1.165) is 37.1 Å². The van der Waals surface area contributed by atoms with Crippen molar-refractivity contribution in [3.05, 3.63) is 124 Å². The zero-order valence-electron chi connectivity index (χ0n) is 20.3. The summed E-state index contributed by atoms with van der Waals surface area (Å²) in [6, 6.07) is 22.4. The van der Waals surface area contributed by atoms with Gasteiger partial charge >= 0.3 is 0 Å². The van der Waals surface area contributed by atoms with Gasteiger partial charge in [-0.2, -0.15) is 0 Å². The number of nitrogens with zero attached hydrogens (tertiary/aromatic N) is 1. The summed E-state index contributed by atoms with van der Waals surface area (Å²) in [4.78, 5) is 41.3. The Kier molecular flexibility index (Phi) is 5.33. The van der Waals surface area contributed by atoms with E-state index in [1.165, 1.54) is 12.0 Å². The van der Waals surface area contributed by atoms with Gasteiger partial charge in [-0.05, 0) is 48.8 Å². The fourth-order valence-corrected chi connectivity index (χ4v) is 6.24. The maximum atomic E-state index is 13.2. The summed E-state index contributed by atoms with van der Waals surface area (Å²) in [5, 5.41) is 0. The fourth-order valence-electron chi connectivity index (χ4n) is 6.24. The molecule has 0 saturated heterocycles. The van der Waals surface area contributed by atoms with Crippen molar-refractivity contribution in [2.75, 3.05) is 11.9 Å². The molecule has 2 aliphatic carbocycles. The number of carbonyl (C=O) groups excluding carboxylic acids is 3. The van der Waals surface area contributed by atoms with Crippen LogP contribution in [-0.4, -0.2) is 24.4 Å². The highest BCUT2D eigenvalue weighted by Gasteiger charge is 2.46. The largest absolute Gasteiger partial charge is 0.347 e. The second-order valence-corrected chi connectivity index (χ2v) is 9.96. The average molecular weight is 474 g/mol. The number of benzene rings is 3. The summed E-state index contributed by atoms with van der Waals surface area (Å²) in [5.74, 6) is -0.399. The number of fused-ring (bicyclic) bond motifs is 3. The Morgan fingerprint density at radius 1 is 0.778 bits per heavy atom. The van der Waals surface area contributed by atoms with Gasteiger partial charge < -0.3 is 4.90 Å². The standard InChI is InChI=1S/C32H27NO3/c1-33-27-16-14-22(29(34)21-10-4-2-5-11-21)20-26(27)32(18-8-3-9-19-32)28(33)17-15-25-30(35)23-12-6-7-13-24(23)31(25)36/h2,4-7,10-17,20H,3,8-9,18-19H2,1H3/b28-17+. The van der Waals surface area contributed by atoms with Gasteiger partial charge in [0.05, 0.1) is 5.57 Å². The van der Waals surface area contributed by atoms with Crippen LogP contribution in [-0.2, 0) is 5.41 Å². The molecule has 0 radical (unpaired) electrons. The van der Waals surface area contributed by atoms with Gasteiger partial charge in [0.1, 0.15) is 0 Å². The predicted molar refractivity (Wildman–Crippen MR) is 141 cm³/mol. The molecule has 3 aromatic rings. The molecule has 1 fully saturated rings. The monoisotopic (exact) mass is 473 g/mol. The minimum absolute atomic E-state index is 0.0199. The molecule has 4 nitrogen and oxygen atoms in total. The number of hydrogen-bond donors (Lipinski definition) is 0. The van der Waals surface area contributed by atoms with Crippen LogP contribution in [0.5, 0.6) is 0 Å². The summed E-state index contributed by atoms with van der Waals surface area (Å²) in [6.07, 6.45) is 9.03. The van der Waals surface area contributed by atoms with Crippen LogP contribution >= 0.6 is 0 Å². The van der Waals surface area contributed by atoms with Crippen molar-refractivity contribution in [2.45, 2.75) is 37.5 Å². The van der Waals surface area contributed by atoms with Gasteiger partial charge in [-0.3, -0.25) is 14.4 Å². The predicted octanol–water partition coefficient (Wildman–Crippen LogP) is 6.46. The van der Waals surface area contributed by atoms with Crippen molar-refractivity contribution in [2.24, 2.45) is 0 Å². The van der Waals surface area contributed by atoms with Crippen LogP contribution in [0, 0.1) is 0 Å². The van der Waals surface area contributed by atoms with Gasteiger partial charge in [0.2, 0.25) is 0 Å². The lowest BCUT2D eigenvalue weighted by Crippen LogP contribution is -2.32. The number of rotatable bonds is 3. The second kappa shape index (κ2) is 8.56. The van der Waals surface area contributed by atoms with E-state index in [4.69, 9.17) is 0 Å². The van der Waals surface area contributed by atoms with Crippen molar-refractivity contribution in [1.29, 1.82) is 0 Å². The Labute approximate surface area is 211 Å². The zero-order chi connectivity index (χ0) is 24.9. The van der Waals surface area contributed by atoms with Crippen LogP contribution in [0.2, 0.25) is 0 Å². The molecule has 0 unspecified atom stereocenters. The summed E-state index contributed by atoms with van der Waals surface area (Å²) < 4.78 is 0. The van der Waals surface area contributed by atoms with Gasteiger partial charge in [-0.1, -0.05) is 73.9 Å². The molecule has 3 aromatic carbocycles. The number of hydrogen-bond acceptors (Lipinski definition) is 4. The molecule has 1 spiro atoms. The minimum Gasteiger partial charge on any atom is -0.347 e. The van der Waals surface area contributed by atoms with Crippen LogP contribution in [0.25, 0.3) is 0 Å². The fraction of sp³-hybridized carbons (Fsp3) is 0.219. The van der Waals surface area contributed by atoms with Gasteiger partial charge in [0.25, 0.3) is 0 Å². The molecule has 0 amide bonds. The molecular weight excluding hydrogens is 446 g/mol. The molecular formula is C32H27NO3. The van der Waals surface area contributed by atoms with E-state index in [0.29, 0.717) is 22.3 Å². The van der Waals surface area contributed by atoms with E-state index < -0.39 is 0 Å². The van der Waals surface area contributed by atoms with E-state index >= 15 is 0 Å². The first-order valence-corrected chi connectivity index (χ1v) is 12.6. The molecule has 6 rings (SSSR count). The zero-order valence-corrected chi connectivity index (χ0v) is 20.3. The van der Waals surface area contributed by atoms with Crippen LogP contribution in [0.15, 0.2) is 96.2 Å². The first-order valence-electron chi connectivity index (χ1n) is 12.6. The van der Waals surface area contributed by atoms with Crippen molar-refractivity contribution in [3.63, 3.8) is 0 Å². The highest BCUT2D eigenvalue weighted by Crippen LogP contribution is 2.55. The number of carbonyl (C=O) groups is 3. The molecule has 3 aliphatic rings. The first kappa shape index (κ1) is 22.4. The normalized spacial score (nSPS) is 19.1. The molecule has 0 bridgehead atoms. The molecule has 178 valence electrons. The van der Waals surface area contributed by atoms with E-state index in [2.05, 4.69) is 11.0 Å². The molecule has 1 aliphatic heterocycles. The Morgan fingerprint density at radius 2 is 1.42 bits per heavy atom. The van der Waals surface area contributed by atoms with E-state index in [-0.39, 0.29) is 28.3 Å². The first-order chi connectivity index (χ1) is 17.5. The molecule has 36 heavy (non-hydrogen) atoms. The smallest absolute Gasteiger partial charge is 0.197 e. The van der Waals surface area contributed by atoms with Crippen molar-refractivity contribution < 1.29 is 14.4 Å². The highest BCUT2D eigenvalue weighted by molar-refractivity contribution is 6.39. The van der Waals surface area contributed by atoms with E-state index in [1.807, 2.05) is 55.6 Å². The van der Waals surface area contributed by atoms with Crippen molar-refractivity contribution in [1.82, 2.24) is 0 Å². The summed E-state index contributed by atoms with van der Waals surface area (Å²) in [5.41, 5.74) is 5.66. The average Bonchev–Trinajstić information content (AvgIpc) is 3.30. The SMILES string of the molecule is CN1/C(=C/C=C2C(=O)c3ccccc3C2=O)C2(CCCCC2)c2cc(C(=O)c3ccccc3)ccc21. The van der Waals surface area contributed by atoms with Crippen LogP contribution < -0.4 is 4.90 Å². The second-order valence-electron chi connectivity index (χ2n) is 9.96. The van der Waals surface area contributed by atoms with E-state index in [9.17, 15) is 14.4 Å². The molecule has 0 atom stereocenters.